The Bertz CT molecular complexity index is 732. The number of aliphatic hydroxyl groups is 1. The van der Waals surface area contributed by atoms with E-state index in [4.69, 9.17) is 0 Å². The quantitative estimate of drug-likeness (QED) is 0.747. The topological polar surface area (TPSA) is 49.6 Å². The summed E-state index contributed by atoms with van der Waals surface area (Å²) in [4.78, 5) is 4.50. The number of aromatic nitrogens is 2. The molecule has 1 aliphatic rings. The fourth-order valence-corrected chi connectivity index (χ4v) is 2.88. The Kier molecular flexibility index (Phi) is 2.58. The number of nitrogens with one attached hydrogen (secondary N) is 1. The molecule has 3 aromatic rings. The van der Waals surface area contributed by atoms with E-state index in [-0.39, 0.29) is 6.04 Å². The molecule has 2 aromatic heterocycles. The van der Waals surface area contributed by atoms with Gasteiger partial charge in [0, 0.05) is 18.9 Å². The number of benzene rings is 1. The van der Waals surface area contributed by atoms with E-state index in [0.29, 0.717) is 5.69 Å². The first-order chi connectivity index (χ1) is 9.83. The van der Waals surface area contributed by atoms with Gasteiger partial charge in [0.25, 0.3) is 0 Å². The third-order valence-electron chi connectivity index (χ3n) is 3.90. The SMILES string of the molecule is OC(c1cn2ccccc2n1)C1NCc2ccccc21. The van der Waals surface area contributed by atoms with Gasteiger partial charge in [-0.3, -0.25) is 0 Å². The predicted molar refractivity (Wildman–Crippen MR) is 76.2 cm³/mol. The van der Waals surface area contributed by atoms with Crippen LogP contribution in [0.4, 0.5) is 0 Å². The fourth-order valence-electron chi connectivity index (χ4n) is 2.88. The predicted octanol–water partition coefficient (Wildman–Crippen LogP) is 2.21. The number of fused-ring (bicyclic) bond motifs is 2. The number of rotatable bonds is 2. The van der Waals surface area contributed by atoms with E-state index >= 15 is 0 Å². The Morgan fingerprint density at radius 3 is 2.95 bits per heavy atom. The molecule has 0 aliphatic carbocycles. The lowest BCUT2D eigenvalue weighted by molar-refractivity contribution is 0.130. The molecule has 0 saturated carbocycles. The van der Waals surface area contributed by atoms with Crippen molar-refractivity contribution < 1.29 is 5.11 Å². The molecule has 100 valence electrons. The molecule has 0 spiro atoms. The maximum atomic E-state index is 10.6. The van der Waals surface area contributed by atoms with Crippen molar-refractivity contribution in [2.45, 2.75) is 18.7 Å². The van der Waals surface area contributed by atoms with Crippen LogP contribution in [0.5, 0.6) is 0 Å². The summed E-state index contributed by atoms with van der Waals surface area (Å²) in [5.74, 6) is 0. The number of pyridine rings is 1. The van der Waals surface area contributed by atoms with Crippen molar-refractivity contribution in [3.63, 3.8) is 0 Å². The van der Waals surface area contributed by atoms with Gasteiger partial charge in [0.1, 0.15) is 11.8 Å². The van der Waals surface area contributed by atoms with Crippen molar-refractivity contribution in [1.29, 1.82) is 0 Å². The minimum atomic E-state index is -0.640. The lowest BCUT2D eigenvalue weighted by Gasteiger charge is -2.17. The molecule has 1 aliphatic heterocycles. The van der Waals surface area contributed by atoms with Gasteiger partial charge in [-0.25, -0.2) is 4.98 Å². The zero-order chi connectivity index (χ0) is 13.5. The molecular weight excluding hydrogens is 250 g/mol. The summed E-state index contributed by atoms with van der Waals surface area (Å²) >= 11 is 0. The van der Waals surface area contributed by atoms with Gasteiger partial charge in [0.15, 0.2) is 0 Å². The molecule has 2 atom stereocenters. The largest absolute Gasteiger partial charge is 0.385 e. The third-order valence-corrected chi connectivity index (χ3v) is 3.90. The second kappa shape index (κ2) is 4.44. The molecule has 1 aromatic carbocycles. The average molecular weight is 265 g/mol. The highest BCUT2D eigenvalue weighted by molar-refractivity contribution is 5.41. The summed E-state index contributed by atoms with van der Waals surface area (Å²) in [6.45, 7) is 0.797. The molecule has 2 N–H and O–H groups in total. The first-order valence-corrected chi connectivity index (χ1v) is 6.76. The highest BCUT2D eigenvalue weighted by atomic mass is 16.3. The van der Waals surface area contributed by atoms with Crippen LogP contribution in [-0.2, 0) is 6.54 Å². The third kappa shape index (κ3) is 1.73. The summed E-state index contributed by atoms with van der Waals surface area (Å²) < 4.78 is 1.93. The number of aliphatic hydroxyl groups excluding tert-OH is 1. The van der Waals surface area contributed by atoms with Gasteiger partial charge in [-0.05, 0) is 23.3 Å². The fraction of sp³-hybridized carbons (Fsp3) is 0.188. The Labute approximate surface area is 116 Å². The maximum Gasteiger partial charge on any atom is 0.137 e. The number of imidazole rings is 1. The van der Waals surface area contributed by atoms with E-state index in [0.717, 1.165) is 17.8 Å². The summed E-state index contributed by atoms with van der Waals surface area (Å²) in [7, 11) is 0. The molecule has 0 bridgehead atoms. The molecule has 3 heterocycles. The lowest BCUT2D eigenvalue weighted by Crippen LogP contribution is -2.20. The van der Waals surface area contributed by atoms with Crippen LogP contribution in [0.15, 0.2) is 54.9 Å². The molecule has 2 unspecified atom stereocenters. The highest BCUT2D eigenvalue weighted by Gasteiger charge is 2.30. The molecule has 4 rings (SSSR count). The molecule has 20 heavy (non-hydrogen) atoms. The normalized spacial score (nSPS) is 19.1. The Hall–Kier alpha value is -2.17. The highest BCUT2D eigenvalue weighted by Crippen LogP contribution is 2.34. The lowest BCUT2D eigenvalue weighted by atomic mass is 9.99. The van der Waals surface area contributed by atoms with Gasteiger partial charge in [-0.15, -0.1) is 0 Å². The molecule has 0 radical (unpaired) electrons. The number of hydrogen-bond donors (Lipinski definition) is 2. The summed E-state index contributed by atoms with van der Waals surface area (Å²) in [5.41, 5.74) is 3.97. The molecular formula is C16H15N3O. The first-order valence-electron chi connectivity index (χ1n) is 6.76. The van der Waals surface area contributed by atoms with E-state index in [9.17, 15) is 5.11 Å². The zero-order valence-electron chi connectivity index (χ0n) is 10.9. The van der Waals surface area contributed by atoms with E-state index in [1.54, 1.807) is 0 Å². The van der Waals surface area contributed by atoms with Crippen molar-refractivity contribution in [2.75, 3.05) is 0 Å². The van der Waals surface area contributed by atoms with Crippen LogP contribution in [0, 0.1) is 0 Å². The summed E-state index contributed by atoms with van der Waals surface area (Å²) in [5, 5.41) is 14.0. The van der Waals surface area contributed by atoms with Crippen molar-refractivity contribution in [3.8, 4) is 0 Å². The van der Waals surface area contributed by atoms with Gasteiger partial charge >= 0.3 is 0 Å². The average Bonchev–Trinajstić information content (AvgIpc) is 3.10. The van der Waals surface area contributed by atoms with Crippen LogP contribution in [-0.4, -0.2) is 14.5 Å². The Morgan fingerprint density at radius 1 is 1.20 bits per heavy atom. The molecule has 0 fully saturated rings. The second-order valence-corrected chi connectivity index (χ2v) is 5.13. The molecule has 0 saturated heterocycles. The Morgan fingerprint density at radius 2 is 2.05 bits per heavy atom. The standard InChI is InChI=1S/C16H15N3O/c20-16(13-10-19-8-4-3-7-14(19)18-13)15-12-6-2-1-5-11(12)9-17-15/h1-8,10,15-17,20H,9H2. The van der Waals surface area contributed by atoms with Gasteiger partial charge in [0.05, 0.1) is 11.7 Å². The van der Waals surface area contributed by atoms with Crippen molar-refractivity contribution >= 4 is 5.65 Å². The number of nitrogens with zero attached hydrogens (tertiary/aromatic N) is 2. The van der Waals surface area contributed by atoms with E-state index in [1.165, 1.54) is 5.56 Å². The van der Waals surface area contributed by atoms with Gasteiger partial charge in [0.2, 0.25) is 0 Å². The van der Waals surface area contributed by atoms with Crippen LogP contribution in [0.3, 0.4) is 0 Å². The number of hydrogen-bond acceptors (Lipinski definition) is 3. The molecule has 4 heteroatoms. The minimum Gasteiger partial charge on any atom is -0.385 e. The van der Waals surface area contributed by atoms with E-state index < -0.39 is 6.10 Å². The summed E-state index contributed by atoms with van der Waals surface area (Å²) in [6, 6.07) is 13.9. The zero-order valence-corrected chi connectivity index (χ0v) is 10.9. The smallest absolute Gasteiger partial charge is 0.137 e. The minimum absolute atomic E-state index is 0.0869. The van der Waals surface area contributed by atoms with E-state index in [2.05, 4.69) is 22.4 Å². The van der Waals surface area contributed by atoms with Crippen LogP contribution in [0.2, 0.25) is 0 Å². The Balaban J connectivity index is 1.72. The monoisotopic (exact) mass is 265 g/mol. The second-order valence-electron chi connectivity index (χ2n) is 5.13. The first kappa shape index (κ1) is 11.6. The van der Waals surface area contributed by atoms with Crippen LogP contribution < -0.4 is 5.32 Å². The van der Waals surface area contributed by atoms with Crippen molar-refractivity contribution in [3.05, 3.63) is 71.7 Å². The van der Waals surface area contributed by atoms with Gasteiger partial charge in [-0.1, -0.05) is 30.3 Å². The van der Waals surface area contributed by atoms with Crippen molar-refractivity contribution in [1.82, 2.24) is 14.7 Å². The van der Waals surface area contributed by atoms with Crippen LogP contribution >= 0.6 is 0 Å². The van der Waals surface area contributed by atoms with Crippen molar-refractivity contribution in [2.24, 2.45) is 0 Å². The van der Waals surface area contributed by atoms with Gasteiger partial charge in [-0.2, -0.15) is 0 Å². The summed E-state index contributed by atoms with van der Waals surface area (Å²) in [6.07, 6.45) is 3.19. The van der Waals surface area contributed by atoms with Crippen LogP contribution in [0.1, 0.15) is 29.0 Å². The molecule has 4 nitrogen and oxygen atoms in total. The van der Waals surface area contributed by atoms with E-state index in [1.807, 2.05) is 47.1 Å². The van der Waals surface area contributed by atoms with Crippen LogP contribution in [0.25, 0.3) is 5.65 Å². The van der Waals surface area contributed by atoms with Gasteiger partial charge < -0.3 is 14.8 Å². The molecule has 0 amide bonds. The maximum absolute atomic E-state index is 10.6.